The lowest BCUT2D eigenvalue weighted by Crippen LogP contribution is -1.82. The SMILES string of the molecule is C/C=C\C.C=C/C=C(\C=C/C)c1ccc(C#Cc2ccc(C)cc2)cc1.C=CC=C.c1ccc(-c2ccccc2)cc1. The van der Waals surface area contributed by atoms with Crippen LogP contribution in [0.15, 0.2) is 178 Å². The lowest BCUT2D eigenvalue weighted by atomic mass is 10.0. The Morgan fingerprint density at radius 3 is 1.31 bits per heavy atom. The average molecular weight is 549 g/mol. The van der Waals surface area contributed by atoms with Crippen LogP contribution in [0, 0.1) is 18.8 Å². The molecule has 0 heterocycles. The minimum Gasteiger partial charge on any atom is -0.0991 e. The molecule has 4 rings (SSSR count). The smallest absolute Gasteiger partial charge is 0.0249 e. The number of benzene rings is 4. The molecule has 0 nitrogen and oxygen atoms in total. The molecule has 0 heteroatoms. The summed E-state index contributed by atoms with van der Waals surface area (Å²) in [7, 11) is 0. The van der Waals surface area contributed by atoms with Gasteiger partial charge in [-0.1, -0.05) is 171 Å². The van der Waals surface area contributed by atoms with Gasteiger partial charge < -0.3 is 0 Å². The van der Waals surface area contributed by atoms with E-state index in [1.807, 2.05) is 69.3 Å². The Labute approximate surface area is 255 Å². The third kappa shape index (κ3) is 14.9. The first kappa shape index (κ1) is 34.9. The standard InChI is InChI=1S/C22H20.C12H10.C4H8.C4H6/c1-4-6-21(7-5-2)22-16-14-20(15-17-22)13-12-19-10-8-18(3)9-11-19;1-3-7-11(8-4-1)12-9-5-2-6-10-12;2*1-3-4-2/h4-11,14-17H,1H2,2-3H3;1-10H;3-4H,1-2H3;3-4H,1-2H2/b7-5-,21-6+;;4-3-;. The summed E-state index contributed by atoms with van der Waals surface area (Å²) in [5.41, 5.74) is 8.17. The Morgan fingerprint density at radius 2 is 0.952 bits per heavy atom. The number of hydrogen-bond acceptors (Lipinski definition) is 0. The maximum absolute atomic E-state index is 3.76. The van der Waals surface area contributed by atoms with Gasteiger partial charge in [0.2, 0.25) is 0 Å². The maximum atomic E-state index is 3.76. The molecular weight excluding hydrogens is 504 g/mol. The Hall–Kier alpha value is -5.12. The van der Waals surface area contributed by atoms with Crippen molar-refractivity contribution >= 4 is 5.57 Å². The molecule has 0 amide bonds. The summed E-state index contributed by atoms with van der Waals surface area (Å²) >= 11 is 0. The van der Waals surface area contributed by atoms with Crippen LogP contribution >= 0.6 is 0 Å². The molecule has 0 aliphatic rings. The largest absolute Gasteiger partial charge is 0.0991 e. The molecule has 0 aromatic heterocycles. The Kier molecular flexibility index (Phi) is 18.8. The van der Waals surface area contributed by atoms with Crippen molar-refractivity contribution in [1.29, 1.82) is 0 Å². The van der Waals surface area contributed by atoms with Crippen LogP contribution in [-0.2, 0) is 0 Å². The van der Waals surface area contributed by atoms with Crippen molar-refractivity contribution in [2.24, 2.45) is 0 Å². The zero-order chi connectivity index (χ0) is 30.8. The van der Waals surface area contributed by atoms with Gasteiger partial charge in [0.25, 0.3) is 0 Å². The van der Waals surface area contributed by atoms with Crippen molar-refractivity contribution in [2.75, 3.05) is 0 Å². The molecule has 0 bridgehead atoms. The van der Waals surface area contributed by atoms with E-state index in [1.54, 1.807) is 18.2 Å². The lowest BCUT2D eigenvalue weighted by Gasteiger charge is -2.02. The topological polar surface area (TPSA) is 0 Å². The molecule has 4 aromatic rings. The van der Waals surface area contributed by atoms with Crippen molar-refractivity contribution < 1.29 is 0 Å². The molecule has 4 aromatic carbocycles. The van der Waals surface area contributed by atoms with E-state index in [0.29, 0.717) is 0 Å². The van der Waals surface area contributed by atoms with E-state index in [4.69, 9.17) is 0 Å². The van der Waals surface area contributed by atoms with Gasteiger partial charge in [0.1, 0.15) is 0 Å². The third-order valence-corrected chi connectivity index (χ3v) is 5.65. The minimum absolute atomic E-state index is 1.02. The molecule has 0 saturated heterocycles. The molecule has 0 spiro atoms. The minimum atomic E-state index is 1.02. The molecule has 0 aliphatic heterocycles. The van der Waals surface area contributed by atoms with Crippen molar-refractivity contribution in [2.45, 2.75) is 27.7 Å². The van der Waals surface area contributed by atoms with E-state index in [9.17, 15) is 0 Å². The van der Waals surface area contributed by atoms with Crippen LogP contribution in [0.1, 0.15) is 43.0 Å². The van der Waals surface area contributed by atoms with Crippen molar-refractivity contribution in [3.8, 4) is 23.0 Å². The molecule has 42 heavy (non-hydrogen) atoms. The van der Waals surface area contributed by atoms with Crippen molar-refractivity contribution in [3.63, 3.8) is 0 Å². The molecule has 0 atom stereocenters. The Bertz CT molecular complexity index is 1400. The fourth-order valence-electron chi connectivity index (χ4n) is 3.34. The van der Waals surface area contributed by atoms with Gasteiger partial charge >= 0.3 is 0 Å². The molecule has 0 radical (unpaired) electrons. The number of rotatable bonds is 5. The van der Waals surface area contributed by atoms with E-state index in [1.165, 1.54) is 22.3 Å². The van der Waals surface area contributed by atoms with Gasteiger partial charge in [-0.05, 0) is 74.2 Å². The second-order valence-electron chi connectivity index (χ2n) is 8.92. The van der Waals surface area contributed by atoms with E-state index in [0.717, 1.165) is 16.7 Å². The summed E-state index contributed by atoms with van der Waals surface area (Å²) in [6.07, 6.45) is 15.2. The molecule has 212 valence electrons. The summed E-state index contributed by atoms with van der Waals surface area (Å²) in [6, 6.07) is 37.3. The van der Waals surface area contributed by atoms with Gasteiger partial charge in [-0.25, -0.2) is 0 Å². The molecule has 0 fully saturated rings. The third-order valence-electron chi connectivity index (χ3n) is 5.65. The Balaban J connectivity index is 0.000000366. The van der Waals surface area contributed by atoms with Crippen LogP contribution in [0.2, 0.25) is 0 Å². The molecule has 0 saturated carbocycles. The average Bonchev–Trinajstić information content (AvgIpc) is 3.06. The van der Waals surface area contributed by atoms with Gasteiger partial charge in [0.15, 0.2) is 0 Å². The summed E-state index contributed by atoms with van der Waals surface area (Å²) in [5.74, 6) is 6.40. The number of hydrogen-bond donors (Lipinski definition) is 0. The van der Waals surface area contributed by atoms with Crippen LogP contribution in [0.25, 0.3) is 16.7 Å². The van der Waals surface area contributed by atoms with Gasteiger partial charge in [-0.2, -0.15) is 0 Å². The van der Waals surface area contributed by atoms with Gasteiger partial charge in [-0.3, -0.25) is 0 Å². The highest BCUT2D eigenvalue weighted by molar-refractivity contribution is 5.75. The summed E-state index contributed by atoms with van der Waals surface area (Å²) in [5, 5.41) is 0. The van der Waals surface area contributed by atoms with Crippen molar-refractivity contribution in [1.82, 2.24) is 0 Å². The van der Waals surface area contributed by atoms with Gasteiger partial charge in [0.05, 0.1) is 0 Å². The zero-order valence-corrected chi connectivity index (χ0v) is 25.6. The van der Waals surface area contributed by atoms with Crippen LogP contribution in [0.5, 0.6) is 0 Å². The highest BCUT2D eigenvalue weighted by atomic mass is 14.0. The number of aryl methyl sites for hydroxylation is 1. The second-order valence-corrected chi connectivity index (χ2v) is 8.92. The first-order valence-electron chi connectivity index (χ1n) is 14.1. The lowest BCUT2D eigenvalue weighted by molar-refractivity contribution is 1.46. The monoisotopic (exact) mass is 548 g/mol. The fourth-order valence-corrected chi connectivity index (χ4v) is 3.34. The predicted octanol–water partition coefficient (Wildman–Crippen LogP) is 11.8. The van der Waals surface area contributed by atoms with Crippen LogP contribution in [-0.4, -0.2) is 0 Å². The van der Waals surface area contributed by atoms with E-state index >= 15 is 0 Å². The molecule has 0 unspecified atom stereocenters. The highest BCUT2D eigenvalue weighted by Gasteiger charge is 1.97. The number of allylic oxidation sites excluding steroid dienone is 9. The normalized spacial score (nSPS) is 9.95. The maximum Gasteiger partial charge on any atom is 0.0249 e. The summed E-state index contributed by atoms with van der Waals surface area (Å²) in [6.45, 7) is 18.6. The first-order valence-corrected chi connectivity index (χ1v) is 14.1. The summed E-state index contributed by atoms with van der Waals surface area (Å²) < 4.78 is 0. The van der Waals surface area contributed by atoms with Crippen molar-refractivity contribution in [3.05, 3.63) is 200 Å². The van der Waals surface area contributed by atoms with Crippen LogP contribution < -0.4 is 0 Å². The van der Waals surface area contributed by atoms with Gasteiger partial charge in [0, 0.05) is 11.1 Å². The molecule has 0 aliphatic carbocycles. The first-order chi connectivity index (χ1) is 20.5. The second kappa shape index (κ2) is 22.7. The molecular formula is C42H44. The van der Waals surface area contributed by atoms with E-state index in [-0.39, 0.29) is 0 Å². The van der Waals surface area contributed by atoms with Gasteiger partial charge in [-0.15, -0.1) is 0 Å². The highest BCUT2D eigenvalue weighted by Crippen LogP contribution is 2.18. The van der Waals surface area contributed by atoms with E-state index < -0.39 is 0 Å². The molecule has 0 N–H and O–H groups in total. The van der Waals surface area contributed by atoms with Crippen LogP contribution in [0.4, 0.5) is 0 Å². The van der Waals surface area contributed by atoms with E-state index in [2.05, 4.69) is 130 Å². The van der Waals surface area contributed by atoms with Crippen LogP contribution in [0.3, 0.4) is 0 Å². The summed E-state index contributed by atoms with van der Waals surface area (Å²) in [4.78, 5) is 0. The zero-order valence-electron chi connectivity index (χ0n) is 25.6. The quantitative estimate of drug-likeness (QED) is 0.132. The Morgan fingerprint density at radius 1 is 0.524 bits per heavy atom. The predicted molar refractivity (Wildman–Crippen MR) is 189 cm³/mol. The fraction of sp³-hybridized carbons (Fsp3) is 0.0952.